The van der Waals surface area contributed by atoms with Crippen molar-refractivity contribution in [3.63, 3.8) is 0 Å². The molecule has 0 aliphatic carbocycles. The van der Waals surface area contributed by atoms with Crippen molar-refractivity contribution >= 4 is 5.52 Å². The van der Waals surface area contributed by atoms with Gasteiger partial charge in [-0.25, -0.2) is 9.37 Å². The Kier molecular flexibility index (Phi) is 4.28. The highest BCUT2D eigenvalue weighted by Crippen LogP contribution is 2.30. The molecule has 0 bridgehead atoms. The number of nitrogens with zero attached hydrogens (tertiary/aromatic N) is 2. The SMILES string of the molecule is Cc1cc2c(OC(C)C)nc(C)c(C(O)c3ccc(F)cc3)n2c1. The van der Waals surface area contributed by atoms with Crippen LogP contribution in [0.2, 0.25) is 0 Å². The van der Waals surface area contributed by atoms with Crippen LogP contribution in [0.5, 0.6) is 5.88 Å². The van der Waals surface area contributed by atoms with Crippen molar-refractivity contribution in [1.82, 2.24) is 9.38 Å². The second kappa shape index (κ2) is 6.24. The van der Waals surface area contributed by atoms with Gasteiger partial charge >= 0.3 is 0 Å². The molecule has 3 aromatic rings. The van der Waals surface area contributed by atoms with Gasteiger partial charge in [0.05, 0.1) is 17.5 Å². The highest BCUT2D eigenvalue weighted by molar-refractivity contribution is 5.61. The van der Waals surface area contributed by atoms with E-state index in [4.69, 9.17) is 4.74 Å². The van der Waals surface area contributed by atoms with Crippen LogP contribution in [0, 0.1) is 19.7 Å². The molecular formula is C19H21FN2O2. The quantitative estimate of drug-likeness (QED) is 0.788. The van der Waals surface area contributed by atoms with E-state index in [2.05, 4.69) is 4.98 Å². The first-order chi connectivity index (χ1) is 11.4. The summed E-state index contributed by atoms with van der Waals surface area (Å²) in [5, 5.41) is 10.8. The number of aryl methyl sites for hydroxylation is 2. The van der Waals surface area contributed by atoms with Gasteiger partial charge in [0.2, 0.25) is 5.88 Å². The molecule has 0 saturated carbocycles. The molecule has 1 unspecified atom stereocenters. The highest BCUT2D eigenvalue weighted by atomic mass is 19.1. The number of hydrogen-bond acceptors (Lipinski definition) is 3. The van der Waals surface area contributed by atoms with Crippen molar-refractivity contribution < 1.29 is 14.2 Å². The maximum Gasteiger partial charge on any atom is 0.238 e. The number of fused-ring (bicyclic) bond motifs is 1. The number of benzene rings is 1. The third-order valence-corrected chi connectivity index (χ3v) is 3.87. The third kappa shape index (κ3) is 2.99. The number of aromatic nitrogens is 2. The Morgan fingerprint density at radius 1 is 1.17 bits per heavy atom. The second-order valence-electron chi connectivity index (χ2n) is 6.28. The predicted molar refractivity (Wildman–Crippen MR) is 90.9 cm³/mol. The minimum atomic E-state index is -0.902. The summed E-state index contributed by atoms with van der Waals surface area (Å²) in [6.45, 7) is 7.72. The molecule has 0 fully saturated rings. The molecule has 5 heteroatoms. The van der Waals surface area contributed by atoms with Gasteiger partial charge in [-0.3, -0.25) is 0 Å². The first kappa shape index (κ1) is 16.5. The fourth-order valence-electron chi connectivity index (χ4n) is 2.84. The number of aliphatic hydroxyl groups excluding tert-OH is 1. The summed E-state index contributed by atoms with van der Waals surface area (Å²) in [5.41, 5.74) is 3.80. The lowest BCUT2D eigenvalue weighted by Gasteiger charge is -2.19. The van der Waals surface area contributed by atoms with Gasteiger partial charge in [-0.15, -0.1) is 0 Å². The Morgan fingerprint density at radius 3 is 2.46 bits per heavy atom. The second-order valence-corrected chi connectivity index (χ2v) is 6.28. The first-order valence-electron chi connectivity index (χ1n) is 7.96. The molecule has 0 saturated heterocycles. The van der Waals surface area contributed by atoms with Crippen LogP contribution in [0.1, 0.15) is 42.5 Å². The Balaban J connectivity index is 2.17. The molecule has 126 valence electrons. The maximum absolute atomic E-state index is 13.1. The van der Waals surface area contributed by atoms with Crippen molar-refractivity contribution in [3.8, 4) is 5.88 Å². The van der Waals surface area contributed by atoms with E-state index in [1.807, 2.05) is 44.4 Å². The zero-order chi connectivity index (χ0) is 17.4. The molecule has 3 rings (SSSR count). The van der Waals surface area contributed by atoms with Crippen LogP contribution in [-0.2, 0) is 0 Å². The Labute approximate surface area is 140 Å². The largest absolute Gasteiger partial charge is 0.473 e. The number of halogens is 1. The van der Waals surface area contributed by atoms with Gasteiger partial charge in [0.1, 0.15) is 17.4 Å². The normalized spacial score (nSPS) is 12.8. The summed E-state index contributed by atoms with van der Waals surface area (Å²) in [4.78, 5) is 4.54. The Morgan fingerprint density at radius 2 is 1.83 bits per heavy atom. The average molecular weight is 328 g/mol. The van der Waals surface area contributed by atoms with Crippen molar-refractivity contribution in [2.45, 2.75) is 39.9 Å². The topological polar surface area (TPSA) is 46.8 Å². The molecule has 0 spiro atoms. The summed E-state index contributed by atoms with van der Waals surface area (Å²) >= 11 is 0. The Bertz CT molecular complexity index is 869. The fraction of sp³-hybridized carbons (Fsp3) is 0.316. The molecular weight excluding hydrogens is 307 g/mol. The van der Waals surface area contributed by atoms with Gasteiger partial charge in [-0.05, 0) is 57.0 Å². The Hall–Kier alpha value is -2.40. The first-order valence-corrected chi connectivity index (χ1v) is 7.96. The highest BCUT2D eigenvalue weighted by Gasteiger charge is 2.21. The minimum absolute atomic E-state index is 0.00350. The molecule has 0 radical (unpaired) electrons. The van der Waals surface area contributed by atoms with E-state index in [-0.39, 0.29) is 11.9 Å². The van der Waals surface area contributed by atoms with Crippen LogP contribution in [-0.4, -0.2) is 20.6 Å². The molecule has 0 aliphatic heterocycles. The number of hydrogen-bond donors (Lipinski definition) is 1. The van der Waals surface area contributed by atoms with Gasteiger partial charge in [0.25, 0.3) is 0 Å². The van der Waals surface area contributed by atoms with E-state index in [0.717, 1.165) is 11.1 Å². The summed E-state index contributed by atoms with van der Waals surface area (Å²) < 4.78 is 20.9. The van der Waals surface area contributed by atoms with Gasteiger partial charge in [-0.2, -0.15) is 0 Å². The fourth-order valence-corrected chi connectivity index (χ4v) is 2.84. The van der Waals surface area contributed by atoms with Gasteiger partial charge in [-0.1, -0.05) is 12.1 Å². The maximum atomic E-state index is 13.1. The van der Waals surface area contributed by atoms with E-state index in [9.17, 15) is 9.50 Å². The minimum Gasteiger partial charge on any atom is -0.473 e. The van der Waals surface area contributed by atoms with Crippen molar-refractivity contribution in [2.75, 3.05) is 0 Å². The van der Waals surface area contributed by atoms with E-state index < -0.39 is 6.10 Å². The van der Waals surface area contributed by atoms with E-state index in [1.165, 1.54) is 12.1 Å². The summed E-state index contributed by atoms with van der Waals surface area (Å²) in [6.07, 6.45) is 1.04. The summed E-state index contributed by atoms with van der Waals surface area (Å²) in [5.74, 6) is 0.217. The van der Waals surface area contributed by atoms with Crippen molar-refractivity contribution in [1.29, 1.82) is 0 Å². The third-order valence-electron chi connectivity index (χ3n) is 3.87. The number of aliphatic hydroxyl groups is 1. The van der Waals surface area contributed by atoms with Crippen LogP contribution in [0.4, 0.5) is 4.39 Å². The molecule has 4 nitrogen and oxygen atoms in total. The lowest BCUT2D eigenvalue weighted by atomic mass is 10.0. The van der Waals surface area contributed by atoms with Crippen LogP contribution in [0.3, 0.4) is 0 Å². The van der Waals surface area contributed by atoms with Crippen molar-refractivity contribution in [2.24, 2.45) is 0 Å². The van der Waals surface area contributed by atoms with Gasteiger partial charge in [0, 0.05) is 6.20 Å². The molecule has 1 aromatic carbocycles. The van der Waals surface area contributed by atoms with Crippen LogP contribution >= 0.6 is 0 Å². The van der Waals surface area contributed by atoms with Gasteiger partial charge in [0.15, 0.2) is 0 Å². The molecule has 2 heterocycles. The average Bonchev–Trinajstić information content (AvgIpc) is 2.88. The zero-order valence-corrected chi connectivity index (χ0v) is 14.2. The summed E-state index contributed by atoms with van der Waals surface area (Å²) in [7, 11) is 0. The van der Waals surface area contributed by atoms with E-state index >= 15 is 0 Å². The smallest absolute Gasteiger partial charge is 0.238 e. The van der Waals surface area contributed by atoms with E-state index in [0.29, 0.717) is 22.8 Å². The zero-order valence-electron chi connectivity index (χ0n) is 14.2. The molecule has 2 aromatic heterocycles. The summed E-state index contributed by atoms with van der Waals surface area (Å²) in [6, 6.07) is 7.83. The lowest BCUT2D eigenvalue weighted by molar-refractivity contribution is 0.209. The number of ether oxygens (including phenoxy) is 1. The predicted octanol–water partition coefficient (Wildman–Crippen LogP) is 3.96. The molecule has 24 heavy (non-hydrogen) atoms. The standard InChI is InChI=1S/C19H21FN2O2/c1-11(2)24-19-16-9-12(3)10-22(16)17(13(4)21-19)18(23)14-5-7-15(20)8-6-14/h5-11,18,23H,1-4H3. The molecule has 1 atom stereocenters. The monoisotopic (exact) mass is 328 g/mol. The number of rotatable bonds is 4. The van der Waals surface area contributed by atoms with E-state index in [1.54, 1.807) is 12.1 Å². The van der Waals surface area contributed by atoms with Gasteiger partial charge < -0.3 is 14.2 Å². The van der Waals surface area contributed by atoms with Crippen molar-refractivity contribution in [3.05, 3.63) is 64.9 Å². The molecule has 0 aliphatic rings. The molecule has 1 N–H and O–H groups in total. The lowest BCUT2D eigenvalue weighted by Crippen LogP contribution is -2.14. The van der Waals surface area contributed by atoms with Crippen LogP contribution in [0.25, 0.3) is 5.52 Å². The molecule has 0 amide bonds. The van der Waals surface area contributed by atoms with Crippen LogP contribution in [0.15, 0.2) is 36.5 Å². The van der Waals surface area contributed by atoms with Crippen LogP contribution < -0.4 is 4.74 Å².